The van der Waals surface area contributed by atoms with Gasteiger partial charge in [0.1, 0.15) is 11.8 Å². The summed E-state index contributed by atoms with van der Waals surface area (Å²) in [5.41, 5.74) is 1.62. The molecular weight excluding hydrogens is 356 g/mol. The van der Waals surface area contributed by atoms with Gasteiger partial charge in [-0.15, -0.1) is 0 Å². The summed E-state index contributed by atoms with van der Waals surface area (Å²) in [7, 11) is 3.02. The van der Waals surface area contributed by atoms with Gasteiger partial charge in [-0.1, -0.05) is 36.4 Å². The van der Waals surface area contributed by atoms with E-state index in [0.717, 1.165) is 5.56 Å². The molecule has 1 N–H and O–H groups in total. The number of rotatable bonds is 6. The van der Waals surface area contributed by atoms with Gasteiger partial charge >= 0.3 is 5.97 Å². The molecule has 1 aliphatic rings. The first kappa shape index (κ1) is 19.9. The third-order valence-electron chi connectivity index (χ3n) is 5.13. The van der Waals surface area contributed by atoms with Gasteiger partial charge in [-0.2, -0.15) is 0 Å². The van der Waals surface area contributed by atoms with Crippen molar-refractivity contribution < 1.29 is 19.1 Å². The minimum absolute atomic E-state index is 0.0980. The molecule has 6 heteroatoms. The van der Waals surface area contributed by atoms with E-state index in [1.54, 1.807) is 13.2 Å². The Bertz CT molecular complexity index is 801. The molecule has 0 radical (unpaired) electrons. The van der Waals surface area contributed by atoms with Crippen molar-refractivity contribution in [2.45, 2.75) is 18.9 Å². The van der Waals surface area contributed by atoms with Crippen LogP contribution in [-0.2, 0) is 14.3 Å². The molecule has 0 aliphatic carbocycles. The van der Waals surface area contributed by atoms with Crippen LogP contribution in [0.15, 0.2) is 54.6 Å². The number of benzene rings is 2. The first-order chi connectivity index (χ1) is 13.6. The number of nitrogens with zero attached hydrogens (tertiary/aromatic N) is 1. The van der Waals surface area contributed by atoms with Crippen LogP contribution in [0.3, 0.4) is 0 Å². The molecule has 1 heterocycles. The van der Waals surface area contributed by atoms with Crippen molar-refractivity contribution >= 4 is 17.6 Å². The van der Waals surface area contributed by atoms with E-state index in [-0.39, 0.29) is 17.8 Å². The van der Waals surface area contributed by atoms with E-state index in [1.165, 1.54) is 7.11 Å². The lowest BCUT2D eigenvalue weighted by Crippen LogP contribution is -2.43. The first-order valence-electron chi connectivity index (χ1n) is 9.44. The lowest BCUT2D eigenvalue weighted by molar-refractivity contribution is -0.147. The van der Waals surface area contributed by atoms with Gasteiger partial charge in [0.15, 0.2) is 0 Å². The Labute approximate surface area is 165 Å². The molecule has 1 amide bonds. The van der Waals surface area contributed by atoms with E-state index in [4.69, 9.17) is 9.47 Å². The van der Waals surface area contributed by atoms with Crippen molar-refractivity contribution in [3.05, 3.63) is 60.2 Å². The number of anilines is 1. The van der Waals surface area contributed by atoms with Gasteiger partial charge in [-0.05, 0) is 30.5 Å². The molecule has 3 rings (SSSR count). The molecule has 6 nitrogen and oxygen atoms in total. The minimum atomic E-state index is -0.425. The SMILES string of the molecule is COC(=O)C1CCN([C@H](C(=O)Nc2cccc(OC)c2)c2ccccc2)CC1. The number of likely N-dealkylation sites (tertiary alicyclic amines) is 1. The maximum absolute atomic E-state index is 13.2. The quantitative estimate of drug-likeness (QED) is 0.777. The molecule has 0 bridgehead atoms. The summed E-state index contributed by atoms with van der Waals surface area (Å²) in [6, 6.07) is 16.6. The second-order valence-corrected chi connectivity index (χ2v) is 6.87. The molecule has 0 saturated carbocycles. The van der Waals surface area contributed by atoms with Crippen molar-refractivity contribution in [2.24, 2.45) is 5.92 Å². The fraction of sp³-hybridized carbons (Fsp3) is 0.364. The van der Waals surface area contributed by atoms with Crippen LogP contribution in [0, 0.1) is 5.92 Å². The zero-order valence-electron chi connectivity index (χ0n) is 16.3. The maximum atomic E-state index is 13.2. The Morgan fingerprint density at radius 1 is 1.04 bits per heavy atom. The van der Waals surface area contributed by atoms with Crippen LogP contribution >= 0.6 is 0 Å². The summed E-state index contributed by atoms with van der Waals surface area (Å²) >= 11 is 0. The molecule has 28 heavy (non-hydrogen) atoms. The molecule has 1 saturated heterocycles. The monoisotopic (exact) mass is 382 g/mol. The fourth-order valence-corrected chi connectivity index (χ4v) is 3.63. The summed E-state index contributed by atoms with van der Waals surface area (Å²) in [6.07, 6.45) is 1.37. The van der Waals surface area contributed by atoms with Crippen molar-refractivity contribution in [2.75, 3.05) is 32.6 Å². The highest BCUT2D eigenvalue weighted by Gasteiger charge is 2.33. The van der Waals surface area contributed by atoms with Gasteiger partial charge in [0.05, 0.1) is 20.1 Å². The van der Waals surface area contributed by atoms with Crippen LogP contribution in [0.4, 0.5) is 5.69 Å². The average Bonchev–Trinajstić information content (AvgIpc) is 2.74. The van der Waals surface area contributed by atoms with Crippen molar-refractivity contribution in [1.82, 2.24) is 4.90 Å². The number of carbonyl (C=O) groups excluding carboxylic acids is 2. The molecule has 0 spiro atoms. The largest absolute Gasteiger partial charge is 0.497 e. The highest BCUT2D eigenvalue weighted by atomic mass is 16.5. The number of hydrogen-bond acceptors (Lipinski definition) is 5. The second kappa shape index (κ2) is 9.37. The summed E-state index contributed by atoms with van der Waals surface area (Å²) in [5, 5.41) is 3.01. The summed E-state index contributed by atoms with van der Waals surface area (Å²) < 4.78 is 10.1. The van der Waals surface area contributed by atoms with Crippen LogP contribution < -0.4 is 10.1 Å². The molecule has 0 aromatic heterocycles. The maximum Gasteiger partial charge on any atom is 0.308 e. The van der Waals surface area contributed by atoms with E-state index in [2.05, 4.69) is 10.2 Å². The Balaban J connectivity index is 1.78. The van der Waals surface area contributed by atoms with Crippen molar-refractivity contribution in [3.8, 4) is 5.75 Å². The molecule has 2 aromatic carbocycles. The van der Waals surface area contributed by atoms with E-state index < -0.39 is 6.04 Å². The number of piperidine rings is 1. The summed E-state index contributed by atoms with van der Waals surface area (Å²) in [5.74, 6) is 0.319. The van der Waals surface area contributed by atoms with E-state index in [9.17, 15) is 9.59 Å². The van der Waals surface area contributed by atoms with E-state index in [0.29, 0.717) is 37.4 Å². The normalized spacial score (nSPS) is 16.2. The summed E-state index contributed by atoms with van der Waals surface area (Å²) in [6.45, 7) is 1.32. The van der Waals surface area contributed by atoms with Crippen LogP contribution in [0.1, 0.15) is 24.4 Å². The predicted molar refractivity (Wildman–Crippen MR) is 107 cm³/mol. The Kier molecular flexibility index (Phi) is 6.66. The number of nitrogens with one attached hydrogen (secondary N) is 1. The van der Waals surface area contributed by atoms with Gasteiger partial charge in [-0.25, -0.2) is 0 Å². The molecule has 1 aliphatic heterocycles. The standard InChI is InChI=1S/C22H26N2O4/c1-27-19-10-6-9-18(15-19)23-21(25)20(16-7-4-3-5-8-16)24-13-11-17(12-14-24)22(26)28-2/h3-10,15,17,20H,11-14H2,1-2H3,(H,23,25)/t20-/m0/s1. The molecular formula is C22H26N2O4. The lowest BCUT2D eigenvalue weighted by atomic mass is 9.94. The zero-order valence-corrected chi connectivity index (χ0v) is 16.3. The lowest BCUT2D eigenvalue weighted by Gasteiger charge is -2.36. The zero-order chi connectivity index (χ0) is 19.9. The first-order valence-corrected chi connectivity index (χ1v) is 9.44. The molecule has 0 unspecified atom stereocenters. The minimum Gasteiger partial charge on any atom is -0.497 e. The van der Waals surface area contributed by atoms with Crippen LogP contribution in [0.5, 0.6) is 5.75 Å². The van der Waals surface area contributed by atoms with Crippen LogP contribution in [0.25, 0.3) is 0 Å². The Morgan fingerprint density at radius 2 is 1.75 bits per heavy atom. The number of amides is 1. The average molecular weight is 382 g/mol. The van der Waals surface area contributed by atoms with E-state index >= 15 is 0 Å². The van der Waals surface area contributed by atoms with Gasteiger partial charge in [0.2, 0.25) is 5.91 Å². The van der Waals surface area contributed by atoms with Crippen LogP contribution in [-0.4, -0.2) is 44.1 Å². The predicted octanol–water partition coefficient (Wildman–Crippen LogP) is 3.26. The third-order valence-corrected chi connectivity index (χ3v) is 5.13. The Morgan fingerprint density at radius 3 is 2.39 bits per heavy atom. The third kappa shape index (κ3) is 4.70. The van der Waals surface area contributed by atoms with E-state index in [1.807, 2.05) is 48.5 Å². The fourth-order valence-electron chi connectivity index (χ4n) is 3.63. The van der Waals surface area contributed by atoms with Crippen molar-refractivity contribution in [3.63, 3.8) is 0 Å². The number of carbonyl (C=O) groups is 2. The van der Waals surface area contributed by atoms with Crippen molar-refractivity contribution in [1.29, 1.82) is 0 Å². The van der Waals surface area contributed by atoms with Gasteiger partial charge in [-0.3, -0.25) is 14.5 Å². The van der Waals surface area contributed by atoms with Gasteiger partial charge in [0, 0.05) is 24.8 Å². The number of ether oxygens (including phenoxy) is 2. The number of methoxy groups -OCH3 is 2. The second-order valence-electron chi connectivity index (χ2n) is 6.87. The van der Waals surface area contributed by atoms with Crippen LogP contribution in [0.2, 0.25) is 0 Å². The molecule has 1 fully saturated rings. The molecule has 148 valence electrons. The topological polar surface area (TPSA) is 67.9 Å². The van der Waals surface area contributed by atoms with Gasteiger partial charge in [0.25, 0.3) is 0 Å². The highest BCUT2D eigenvalue weighted by Crippen LogP contribution is 2.29. The molecule has 2 aromatic rings. The Hall–Kier alpha value is -2.86. The molecule has 1 atom stereocenters. The number of esters is 1. The smallest absolute Gasteiger partial charge is 0.308 e. The highest BCUT2D eigenvalue weighted by molar-refractivity contribution is 5.95. The van der Waals surface area contributed by atoms with Gasteiger partial charge < -0.3 is 14.8 Å². The number of hydrogen-bond donors (Lipinski definition) is 1. The summed E-state index contributed by atoms with van der Waals surface area (Å²) in [4.78, 5) is 27.1.